The zero-order valence-corrected chi connectivity index (χ0v) is 32.4. The average Bonchev–Trinajstić information content (AvgIpc) is 3.07. The van der Waals surface area contributed by atoms with Crippen molar-refractivity contribution in [3.8, 4) is 0 Å². The van der Waals surface area contributed by atoms with Crippen molar-refractivity contribution in [3.05, 3.63) is 0 Å². The fourth-order valence-corrected chi connectivity index (χ4v) is 5.41. The van der Waals surface area contributed by atoms with E-state index in [1.165, 1.54) is 0 Å². The molecule has 0 saturated carbocycles. The van der Waals surface area contributed by atoms with E-state index in [1.54, 1.807) is 0 Å². The molecule has 0 radical (unpaired) electrons. The molecule has 2 aliphatic rings. The van der Waals surface area contributed by atoms with Gasteiger partial charge in [-0.3, -0.25) is 38.4 Å². The van der Waals surface area contributed by atoms with Crippen LogP contribution in [0.5, 0.6) is 0 Å². The zero-order chi connectivity index (χ0) is 41.9. The molecule has 2 saturated heterocycles. The van der Waals surface area contributed by atoms with Gasteiger partial charge in [0.1, 0.15) is 25.4 Å². The lowest BCUT2D eigenvalue weighted by atomic mass is 9.98. The van der Waals surface area contributed by atoms with E-state index in [2.05, 4.69) is 0 Å². The van der Waals surface area contributed by atoms with Crippen molar-refractivity contribution >= 4 is 47.8 Å². The minimum Gasteiger partial charge on any atom is -0.463 e. The maximum Gasteiger partial charge on any atom is 0.303 e. The van der Waals surface area contributed by atoms with Crippen molar-refractivity contribution in [3.63, 3.8) is 0 Å². The Bertz CT molecular complexity index is 1250. The van der Waals surface area contributed by atoms with E-state index in [1.807, 2.05) is 0 Å². The molecule has 0 aliphatic carbocycles. The van der Waals surface area contributed by atoms with Gasteiger partial charge < -0.3 is 66.3 Å². The molecule has 22 heteroatoms. The molecule has 10 atom stereocenters. The van der Waals surface area contributed by atoms with Gasteiger partial charge in [-0.15, -0.1) is 0 Å². The molecule has 2 rings (SSSR count). The Kier molecular flexibility index (Phi) is 20.6. The van der Waals surface area contributed by atoms with Gasteiger partial charge in [-0.25, -0.2) is 0 Å². The highest BCUT2D eigenvalue weighted by atomic mass is 16.8. The van der Waals surface area contributed by atoms with E-state index in [-0.39, 0.29) is 39.6 Å². The van der Waals surface area contributed by atoms with Gasteiger partial charge in [0.2, 0.25) is 0 Å². The first-order chi connectivity index (χ1) is 26.4. The van der Waals surface area contributed by atoms with Crippen molar-refractivity contribution in [2.75, 3.05) is 52.9 Å². The summed E-state index contributed by atoms with van der Waals surface area (Å²) in [6.45, 7) is 7.86. The smallest absolute Gasteiger partial charge is 0.303 e. The molecule has 318 valence electrons. The van der Waals surface area contributed by atoms with Crippen LogP contribution in [-0.2, 0) is 105 Å². The Hall–Kier alpha value is -4.48. The van der Waals surface area contributed by atoms with Crippen LogP contribution >= 0.6 is 0 Å². The largest absolute Gasteiger partial charge is 0.463 e. The molecular weight excluding hydrogens is 760 g/mol. The van der Waals surface area contributed by atoms with Crippen LogP contribution in [0.15, 0.2) is 0 Å². The average molecular weight is 811 g/mol. The maximum absolute atomic E-state index is 12.0. The van der Waals surface area contributed by atoms with E-state index < -0.39 is 122 Å². The number of esters is 8. The SMILES string of the molecule is CC(=O)OC[C@H]1O[C@@H](OCCOCCOCCO[C@@H]2O[C@H](COC(C)=O)[C@H](OC(C)=O)[C@H](OC(C)=O)[C@H]2OC(C)=O)[C@H](OC(C)=O)[C@@H](OC(C)=O)[C@H]1OC(C)=O. The topological polar surface area (TPSA) is 266 Å². The third kappa shape index (κ3) is 17.1. The zero-order valence-electron chi connectivity index (χ0n) is 32.4. The Morgan fingerprint density at radius 2 is 0.625 bits per heavy atom. The molecule has 0 aromatic carbocycles. The van der Waals surface area contributed by atoms with Crippen molar-refractivity contribution < 1.29 is 105 Å². The second-order valence-corrected chi connectivity index (χ2v) is 12.1. The summed E-state index contributed by atoms with van der Waals surface area (Å²) in [4.78, 5) is 94.7. The molecule has 0 bridgehead atoms. The summed E-state index contributed by atoms with van der Waals surface area (Å²) in [5.74, 6) is -6.01. The molecule has 2 heterocycles. The van der Waals surface area contributed by atoms with Crippen molar-refractivity contribution in [2.24, 2.45) is 0 Å². The number of hydrogen-bond acceptors (Lipinski definition) is 22. The van der Waals surface area contributed by atoms with Gasteiger partial charge in [0, 0.05) is 55.4 Å². The number of carbonyl (C=O) groups is 8. The van der Waals surface area contributed by atoms with Crippen LogP contribution in [0.2, 0.25) is 0 Å². The number of hydrogen-bond donors (Lipinski definition) is 0. The van der Waals surface area contributed by atoms with Crippen LogP contribution in [0.4, 0.5) is 0 Å². The summed E-state index contributed by atoms with van der Waals surface area (Å²) >= 11 is 0. The van der Waals surface area contributed by atoms with E-state index in [9.17, 15) is 38.4 Å². The second-order valence-electron chi connectivity index (χ2n) is 12.1. The van der Waals surface area contributed by atoms with Gasteiger partial charge in [0.25, 0.3) is 0 Å². The van der Waals surface area contributed by atoms with E-state index in [0.29, 0.717) is 0 Å². The number of ether oxygens (including phenoxy) is 14. The molecular formula is C34H50O22. The van der Waals surface area contributed by atoms with Crippen LogP contribution in [0.3, 0.4) is 0 Å². The summed E-state index contributed by atoms with van der Waals surface area (Å²) < 4.78 is 76.4. The first-order valence-electron chi connectivity index (χ1n) is 17.4. The Morgan fingerprint density at radius 1 is 0.357 bits per heavy atom. The van der Waals surface area contributed by atoms with Gasteiger partial charge in [0.15, 0.2) is 49.2 Å². The fraction of sp³-hybridized carbons (Fsp3) is 0.765. The third-order valence-corrected chi connectivity index (χ3v) is 7.29. The lowest BCUT2D eigenvalue weighted by Gasteiger charge is -2.44. The first kappa shape index (κ1) is 47.7. The monoisotopic (exact) mass is 810 g/mol. The maximum atomic E-state index is 12.0. The Labute approximate surface area is 322 Å². The molecule has 0 unspecified atom stereocenters. The lowest BCUT2D eigenvalue weighted by Crippen LogP contribution is -2.63. The fourth-order valence-electron chi connectivity index (χ4n) is 5.41. The summed E-state index contributed by atoms with van der Waals surface area (Å²) in [5.41, 5.74) is 0. The summed E-state index contributed by atoms with van der Waals surface area (Å²) in [5, 5.41) is 0. The first-order valence-corrected chi connectivity index (χ1v) is 17.4. The predicted molar refractivity (Wildman–Crippen MR) is 177 cm³/mol. The highest BCUT2D eigenvalue weighted by molar-refractivity contribution is 5.70. The summed E-state index contributed by atoms with van der Waals surface area (Å²) in [7, 11) is 0. The van der Waals surface area contributed by atoms with Crippen molar-refractivity contribution in [1.29, 1.82) is 0 Å². The lowest BCUT2D eigenvalue weighted by molar-refractivity contribution is -0.309. The van der Waals surface area contributed by atoms with Gasteiger partial charge in [-0.2, -0.15) is 0 Å². The molecule has 0 N–H and O–H groups in total. The minimum absolute atomic E-state index is 0.0303. The summed E-state index contributed by atoms with van der Waals surface area (Å²) in [6.07, 6.45) is -13.3. The Morgan fingerprint density at radius 3 is 0.911 bits per heavy atom. The highest BCUT2D eigenvalue weighted by Crippen LogP contribution is 2.31. The van der Waals surface area contributed by atoms with Crippen LogP contribution in [-0.4, -0.2) is 162 Å². The molecule has 2 fully saturated rings. The number of carbonyl (C=O) groups excluding carboxylic acids is 8. The standard InChI is InChI=1S/C34H50O22/c1-17(35)47-15-25-27(49-19(3)37)29(51-21(5)39)31(53-23(7)41)33(55-25)45-13-11-43-9-10-44-12-14-46-34-32(54-24(8)42)30(52-22(6)40)28(50-20(4)38)26(56-34)16-48-18(2)36/h25-34H,9-16H2,1-8H3/t25-,26-,27+,28+,29+,30+,31-,32-,33-,34-/m1/s1. The molecule has 2 aliphatic heterocycles. The molecule has 0 spiro atoms. The van der Waals surface area contributed by atoms with E-state index >= 15 is 0 Å². The summed E-state index contributed by atoms with van der Waals surface area (Å²) in [6, 6.07) is 0. The van der Waals surface area contributed by atoms with E-state index in [0.717, 1.165) is 55.4 Å². The molecule has 0 amide bonds. The van der Waals surface area contributed by atoms with Gasteiger partial charge in [-0.1, -0.05) is 0 Å². The van der Waals surface area contributed by atoms with Crippen molar-refractivity contribution in [1.82, 2.24) is 0 Å². The van der Waals surface area contributed by atoms with Gasteiger partial charge in [0.05, 0.1) is 39.6 Å². The third-order valence-electron chi connectivity index (χ3n) is 7.29. The van der Waals surface area contributed by atoms with E-state index in [4.69, 9.17) is 66.3 Å². The number of rotatable bonds is 21. The van der Waals surface area contributed by atoms with Crippen LogP contribution in [0, 0.1) is 0 Å². The molecule has 22 nitrogen and oxygen atoms in total. The Balaban J connectivity index is 1.96. The van der Waals surface area contributed by atoms with Gasteiger partial charge in [-0.05, 0) is 0 Å². The second kappa shape index (κ2) is 24.2. The molecule has 0 aromatic heterocycles. The quantitative estimate of drug-likeness (QED) is 0.0781. The van der Waals surface area contributed by atoms with Crippen LogP contribution in [0.25, 0.3) is 0 Å². The van der Waals surface area contributed by atoms with Gasteiger partial charge >= 0.3 is 47.8 Å². The normalized spacial score (nSPS) is 27.1. The minimum atomic E-state index is -1.39. The van der Waals surface area contributed by atoms with Crippen molar-refractivity contribution in [2.45, 2.75) is 117 Å². The molecule has 0 aromatic rings. The van der Waals surface area contributed by atoms with Crippen LogP contribution < -0.4 is 0 Å². The predicted octanol–water partition coefficient (Wildman–Crippen LogP) is -0.781. The molecule has 56 heavy (non-hydrogen) atoms. The highest BCUT2D eigenvalue weighted by Gasteiger charge is 2.54. The van der Waals surface area contributed by atoms with Crippen LogP contribution in [0.1, 0.15) is 55.4 Å².